The quantitative estimate of drug-likeness (QED) is 0.147. The van der Waals surface area contributed by atoms with Crippen molar-refractivity contribution in [3.05, 3.63) is 71.9 Å². The van der Waals surface area contributed by atoms with Crippen molar-refractivity contribution in [1.29, 1.82) is 0 Å². The number of carboxylic acids is 1. The van der Waals surface area contributed by atoms with Crippen molar-refractivity contribution in [2.24, 2.45) is 5.73 Å². The van der Waals surface area contributed by atoms with E-state index in [9.17, 15) is 24.3 Å². The van der Waals surface area contributed by atoms with Crippen LogP contribution in [0.4, 0.5) is 4.79 Å². The topological polar surface area (TPSA) is 164 Å². The molecule has 0 aliphatic heterocycles. The van der Waals surface area contributed by atoms with E-state index in [1.165, 1.54) is 0 Å². The van der Waals surface area contributed by atoms with E-state index in [1.54, 1.807) is 6.20 Å². The molecule has 2 atom stereocenters. The maximum atomic E-state index is 13.4. The molecule has 10 nitrogen and oxygen atoms in total. The number of Topliss-reactive ketones (excluding diaryl/α,β-unsaturated/α-hetero) is 1. The molecular formula is C29H36N4O6. The molecule has 0 saturated heterocycles. The second-order valence-electron chi connectivity index (χ2n) is 9.53. The average molecular weight is 537 g/mol. The van der Waals surface area contributed by atoms with E-state index in [1.807, 2.05) is 61.5 Å². The number of para-hydroxylation sites is 1. The molecule has 0 aliphatic carbocycles. The number of fused-ring (bicyclic) bond motifs is 1. The standard InChI is InChI=1S/C29H36N4O6/c1-2-3-15-29(30,27(36)37)26(35)24(14-9-16-31-28(38)39-19-20-10-5-4-6-11-20)33-25(34)17-21-18-32-23-13-8-7-12-22(21)23/h4-8,10-13,18,24,32H,2-3,9,14-17,19,30H2,1H3,(H,31,38)(H,33,34)(H,36,37). The molecule has 3 aromatic rings. The molecule has 0 aliphatic rings. The number of ether oxygens (including phenoxy) is 1. The number of unbranched alkanes of at least 4 members (excludes halogenated alkanes) is 1. The van der Waals surface area contributed by atoms with Crippen molar-refractivity contribution in [2.45, 2.75) is 63.6 Å². The van der Waals surface area contributed by atoms with Crippen molar-refractivity contribution < 1.29 is 29.0 Å². The maximum Gasteiger partial charge on any atom is 0.407 e. The van der Waals surface area contributed by atoms with E-state index in [0.29, 0.717) is 12.8 Å². The van der Waals surface area contributed by atoms with Crippen LogP contribution in [0.25, 0.3) is 10.9 Å². The number of hydrogen-bond donors (Lipinski definition) is 5. The van der Waals surface area contributed by atoms with Crippen molar-refractivity contribution in [3.8, 4) is 0 Å². The number of benzene rings is 2. The molecule has 1 heterocycles. The molecule has 6 N–H and O–H groups in total. The first kappa shape index (κ1) is 29.4. The highest BCUT2D eigenvalue weighted by Gasteiger charge is 2.45. The summed E-state index contributed by atoms with van der Waals surface area (Å²) in [7, 11) is 0. The van der Waals surface area contributed by atoms with Crippen molar-refractivity contribution in [2.75, 3.05) is 6.54 Å². The molecule has 0 spiro atoms. The van der Waals surface area contributed by atoms with Crippen molar-refractivity contribution in [3.63, 3.8) is 0 Å². The fourth-order valence-corrected chi connectivity index (χ4v) is 4.34. The van der Waals surface area contributed by atoms with Crippen LogP contribution in [-0.2, 0) is 32.1 Å². The number of carboxylic acid groups (broad SMARTS) is 1. The minimum Gasteiger partial charge on any atom is -0.480 e. The van der Waals surface area contributed by atoms with Gasteiger partial charge in [-0.25, -0.2) is 9.59 Å². The highest BCUT2D eigenvalue weighted by Crippen LogP contribution is 2.20. The molecule has 2 unspecified atom stereocenters. The Morgan fingerprint density at radius 3 is 2.49 bits per heavy atom. The summed E-state index contributed by atoms with van der Waals surface area (Å²) in [5, 5.41) is 16.0. The van der Waals surface area contributed by atoms with Crippen LogP contribution < -0.4 is 16.4 Å². The number of aliphatic carboxylic acids is 1. The zero-order valence-electron chi connectivity index (χ0n) is 22.1. The Morgan fingerprint density at radius 2 is 1.77 bits per heavy atom. The Hall–Kier alpha value is -4.18. The lowest BCUT2D eigenvalue weighted by Gasteiger charge is -2.28. The van der Waals surface area contributed by atoms with E-state index in [2.05, 4.69) is 15.6 Å². The van der Waals surface area contributed by atoms with Crippen molar-refractivity contribution >= 4 is 34.7 Å². The Balaban J connectivity index is 1.63. The largest absolute Gasteiger partial charge is 0.480 e. The van der Waals surface area contributed by atoms with E-state index < -0.39 is 35.3 Å². The number of aromatic nitrogens is 1. The summed E-state index contributed by atoms with van der Waals surface area (Å²) in [5.74, 6) is -2.63. The van der Waals surface area contributed by atoms with Gasteiger partial charge in [0, 0.05) is 23.6 Å². The molecule has 208 valence electrons. The molecule has 2 amide bonds. The van der Waals surface area contributed by atoms with Crippen LogP contribution in [0.5, 0.6) is 0 Å². The van der Waals surface area contributed by atoms with Gasteiger partial charge in [-0.05, 0) is 36.5 Å². The van der Waals surface area contributed by atoms with Gasteiger partial charge in [0.2, 0.25) is 5.91 Å². The van der Waals surface area contributed by atoms with E-state index in [-0.39, 0.29) is 38.8 Å². The Morgan fingerprint density at radius 1 is 1.05 bits per heavy atom. The number of nitrogens with one attached hydrogen (secondary N) is 3. The van der Waals surface area contributed by atoms with E-state index in [0.717, 1.165) is 22.0 Å². The van der Waals surface area contributed by atoms with Crippen LogP contribution in [-0.4, -0.2) is 52.0 Å². The predicted molar refractivity (Wildman–Crippen MR) is 147 cm³/mol. The number of nitrogens with two attached hydrogens (primary N) is 1. The summed E-state index contributed by atoms with van der Waals surface area (Å²) in [5.41, 5.74) is 6.45. The lowest BCUT2D eigenvalue weighted by atomic mass is 9.84. The number of ketones is 1. The van der Waals surface area contributed by atoms with Gasteiger partial charge >= 0.3 is 12.1 Å². The summed E-state index contributed by atoms with van der Waals surface area (Å²) < 4.78 is 5.18. The number of carbonyl (C=O) groups excluding carboxylic acids is 3. The fraction of sp³-hybridized carbons (Fsp3) is 0.379. The van der Waals surface area contributed by atoms with Gasteiger partial charge < -0.3 is 31.2 Å². The van der Waals surface area contributed by atoms with Gasteiger partial charge in [-0.2, -0.15) is 0 Å². The number of alkyl carbamates (subject to hydrolysis) is 1. The van der Waals surface area contributed by atoms with Crippen molar-refractivity contribution in [1.82, 2.24) is 15.6 Å². The van der Waals surface area contributed by atoms with Crippen LogP contribution in [0.2, 0.25) is 0 Å². The molecule has 0 radical (unpaired) electrons. The smallest absolute Gasteiger partial charge is 0.407 e. The zero-order valence-corrected chi connectivity index (χ0v) is 22.1. The van der Waals surface area contributed by atoms with Gasteiger partial charge in [-0.15, -0.1) is 0 Å². The Labute approximate surface area is 227 Å². The van der Waals surface area contributed by atoms with Gasteiger partial charge in [0.05, 0.1) is 12.5 Å². The normalized spacial score (nSPS) is 13.3. The summed E-state index contributed by atoms with van der Waals surface area (Å²) in [6, 6.07) is 15.6. The first-order chi connectivity index (χ1) is 18.7. The van der Waals surface area contributed by atoms with Crippen LogP contribution in [0.15, 0.2) is 60.8 Å². The summed E-state index contributed by atoms with van der Waals surface area (Å²) in [6.45, 7) is 2.15. The van der Waals surface area contributed by atoms with Crippen LogP contribution in [0.3, 0.4) is 0 Å². The van der Waals surface area contributed by atoms with Gasteiger partial charge in [-0.3, -0.25) is 9.59 Å². The number of rotatable bonds is 15. The number of H-pyrrole nitrogens is 1. The monoisotopic (exact) mass is 536 g/mol. The third-order valence-corrected chi connectivity index (χ3v) is 6.58. The predicted octanol–water partition coefficient (Wildman–Crippen LogP) is 3.44. The first-order valence-electron chi connectivity index (χ1n) is 13.1. The SMILES string of the molecule is CCCCC(N)(C(=O)O)C(=O)C(CCCNC(=O)OCc1ccccc1)NC(=O)Cc1c[nH]c2ccccc12. The molecule has 1 aromatic heterocycles. The molecule has 0 saturated carbocycles. The minimum atomic E-state index is -2.13. The molecule has 39 heavy (non-hydrogen) atoms. The fourth-order valence-electron chi connectivity index (χ4n) is 4.34. The van der Waals surface area contributed by atoms with Crippen LogP contribution >= 0.6 is 0 Å². The van der Waals surface area contributed by atoms with E-state index in [4.69, 9.17) is 10.5 Å². The summed E-state index contributed by atoms with van der Waals surface area (Å²) >= 11 is 0. The molecule has 0 bridgehead atoms. The number of carbonyl (C=O) groups is 4. The maximum absolute atomic E-state index is 13.4. The molecular weight excluding hydrogens is 500 g/mol. The lowest BCUT2D eigenvalue weighted by Crippen LogP contribution is -2.61. The van der Waals surface area contributed by atoms with Gasteiger partial charge in [0.1, 0.15) is 6.61 Å². The molecule has 3 rings (SSSR count). The second-order valence-corrected chi connectivity index (χ2v) is 9.53. The average Bonchev–Trinajstić information content (AvgIpc) is 3.34. The molecule has 2 aromatic carbocycles. The van der Waals surface area contributed by atoms with Gasteiger partial charge in [0.25, 0.3) is 0 Å². The highest BCUT2D eigenvalue weighted by molar-refractivity contribution is 6.10. The Kier molecular flexibility index (Phi) is 10.6. The third kappa shape index (κ3) is 8.15. The molecule has 10 heteroatoms. The number of amides is 2. The van der Waals surface area contributed by atoms with Crippen LogP contribution in [0, 0.1) is 0 Å². The zero-order chi connectivity index (χ0) is 28.3. The summed E-state index contributed by atoms with van der Waals surface area (Å²) in [4.78, 5) is 53.6. The number of hydrogen-bond acceptors (Lipinski definition) is 6. The van der Waals surface area contributed by atoms with Crippen LogP contribution in [0.1, 0.15) is 50.2 Å². The van der Waals surface area contributed by atoms with Gasteiger partial charge in [0.15, 0.2) is 11.3 Å². The Bertz CT molecular complexity index is 1280. The minimum absolute atomic E-state index is 0.00252. The molecule has 0 fully saturated rings. The second kappa shape index (κ2) is 14.1. The number of aromatic amines is 1. The first-order valence-corrected chi connectivity index (χ1v) is 13.1. The lowest BCUT2D eigenvalue weighted by molar-refractivity contribution is -0.150. The van der Waals surface area contributed by atoms with E-state index >= 15 is 0 Å². The van der Waals surface area contributed by atoms with Gasteiger partial charge in [-0.1, -0.05) is 68.3 Å². The highest BCUT2D eigenvalue weighted by atomic mass is 16.5. The third-order valence-electron chi connectivity index (χ3n) is 6.58. The summed E-state index contributed by atoms with van der Waals surface area (Å²) in [6.07, 6.45) is 2.55.